The molecule has 5 rings (SSSR count). The first-order valence-electron chi connectivity index (χ1n) is 12.2. The number of anilines is 3. The third-order valence-electron chi connectivity index (χ3n) is 6.63. The van der Waals surface area contributed by atoms with Crippen molar-refractivity contribution in [3.8, 4) is 0 Å². The second-order valence-corrected chi connectivity index (χ2v) is 9.86. The van der Waals surface area contributed by atoms with E-state index >= 15 is 0 Å². The first-order valence-corrected chi connectivity index (χ1v) is 13.0. The fourth-order valence-electron chi connectivity index (χ4n) is 4.56. The van der Waals surface area contributed by atoms with E-state index in [9.17, 15) is 19.7 Å². The first kappa shape index (κ1) is 26.5. The molecule has 1 N–H and O–H groups in total. The van der Waals surface area contributed by atoms with Gasteiger partial charge in [0.25, 0.3) is 11.6 Å². The van der Waals surface area contributed by atoms with Crippen molar-refractivity contribution in [3.63, 3.8) is 0 Å². The summed E-state index contributed by atoms with van der Waals surface area (Å²) in [7, 11) is 0. The highest BCUT2D eigenvalue weighted by Gasteiger charge is 2.33. The van der Waals surface area contributed by atoms with E-state index < -0.39 is 23.0 Å². The Balaban J connectivity index is 1.14. The molecule has 0 aliphatic carbocycles. The standard InChI is InChI=1S/C26H24Cl2N6O5/c27-21-2-1-3-22(28)24(21)25(35)30-15-20-16-33(26(36)39-20)18-6-4-17(5-7-18)31-10-12-32(13-11-31)23-9-8-19(14-29-23)34(37)38/h1-9,14,20H,10-13,15-16H2,(H,30,35)/t20-/m0/s1. The maximum atomic E-state index is 12.5. The molecule has 2 aromatic carbocycles. The Bertz CT molecular complexity index is 1360. The van der Waals surface area contributed by atoms with Crippen LogP contribution < -0.4 is 20.0 Å². The minimum atomic E-state index is -0.525. The molecule has 0 radical (unpaired) electrons. The highest BCUT2D eigenvalue weighted by Crippen LogP contribution is 2.27. The summed E-state index contributed by atoms with van der Waals surface area (Å²) in [5, 5.41) is 14.1. The number of carbonyl (C=O) groups excluding carboxylic acids is 2. The Labute approximate surface area is 234 Å². The highest BCUT2D eigenvalue weighted by atomic mass is 35.5. The minimum absolute atomic E-state index is 0.0301. The number of nitro groups is 1. The number of benzene rings is 2. The average Bonchev–Trinajstić information content (AvgIpc) is 3.32. The van der Waals surface area contributed by atoms with Gasteiger partial charge in [-0.15, -0.1) is 0 Å². The largest absolute Gasteiger partial charge is 0.442 e. The van der Waals surface area contributed by atoms with Crippen LogP contribution >= 0.6 is 23.2 Å². The van der Waals surface area contributed by atoms with Gasteiger partial charge in [-0.25, -0.2) is 9.78 Å². The van der Waals surface area contributed by atoms with Crippen molar-refractivity contribution in [2.45, 2.75) is 6.10 Å². The van der Waals surface area contributed by atoms with Gasteiger partial charge in [0.1, 0.15) is 18.1 Å². The SMILES string of the molecule is O=C(NC[C@H]1CN(c2ccc(N3CCN(c4ccc([N+](=O)[O-])cn4)CC3)cc2)C(=O)O1)c1c(Cl)cccc1Cl. The van der Waals surface area contributed by atoms with Gasteiger partial charge in [0.15, 0.2) is 0 Å². The molecular formula is C26H24Cl2N6O5. The Hall–Kier alpha value is -4.09. The summed E-state index contributed by atoms with van der Waals surface area (Å²) in [5.74, 6) is 0.276. The molecule has 2 aliphatic rings. The minimum Gasteiger partial charge on any atom is -0.442 e. The van der Waals surface area contributed by atoms with Gasteiger partial charge in [0, 0.05) is 43.6 Å². The van der Waals surface area contributed by atoms with E-state index in [2.05, 4.69) is 20.1 Å². The highest BCUT2D eigenvalue weighted by molar-refractivity contribution is 6.39. The number of nitrogens with zero attached hydrogens (tertiary/aromatic N) is 5. The lowest BCUT2D eigenvalue weighted by molar-refractivity contribution is -0.385. The number of nitrogens with one attached hydrogen (secondary N) is 1. The van der Waals surface area contributed by atoms with Gasteiger partial charge in [-0.3, -0.25) is 19.8 Å². The lowest BCUT2D eigenvalue weighted by Gasteiger charge is -2.36. The monoisotopic (exact) mass is 570 g/mol. The van der Waals surface area contributed by atoms with Crippen LogP contribution in [0, 0.1) is 10.1 Å². The van der Waals surface area contributed by atoms with E-state index in [1.807, 2.05) is 24.3 Å². The van der Waals surface area contributed by atoms with Gasteiger partial charge in [-0.05, 0) is 42.5 Å². The lowest BCUT2D eigenvalue weighted by atomic mass is 10.2. The maximum absolute atomic E-state index is 12.5. The van der Waals surface area contributed by atoms with E-state index in [4.69, 9.17) is 27.9 Å². The van der Waals surface area contributed by atoms with Crippen LogP contribution in [0.5, 0.6) is 0 Å². The molecule has 1 aromatic heterocycles. The molecular weight excluding hydrogens is 547 g/mol. The molecule has 2 saturated heterocycles. The molecule has 11 nitrogen and oxygen atoms in total. The Morgan fingerprint density at radius 2 is 1.64 bits per heavy atom. The summed E-state index contributed by atoms with van der Waals surface area (Å²) in [6.07, 6.45) is 0.266. The number of halogens is 2. The Morgan fingerprint density at radius 1 is 1.00 bits per heavy atom. The molecule has 0 spiro atoms. The maximum Gasteiger partial charge on any atom is 0.414 e. The second-order valence-electron chi connectivity index (χ2n) is 9.05. The number of carbonyl (C=O) groups is 2. The van der Waals surface area contributed by atoms with Crippen LogP contribution in [0.1, 0.15) is 10.4 Å². The van der Waals surface area contributed by atoms with Gasteiger partial charge in [-0.2, -0.15) is 0 Å². The van der Waals surface area contributed by atoms with Crippen LogP contribution in [0.25, 0.3) is 0 Å². The second kappa shape index (κ2) is 11.3. The van der Waals surface area contributed by atoms with Crippen molar-refractivity contribution >= 4 is 58.1 Å². The van der Waals surface area contributed by atoms with E-state index in [0.29, 0.717) is 11.5 Å². The molecule has 202 valence electrons. The van der Waals surface area contributed by atoms with E-state index in [0.717, 1.165) is 31.9 Å². The van der Waals surface area contributed by atoms with Crippen LogP contribution in [-0.2, 0) is 4.74 Å². The van der Waals surface area contributed by atoms with Crippen molar-refractivity contribution in [3.05, 3.63) is 86.5 Å². The Morgan fingerprint density at radius 3 is 2.26 bits per heavy atom. The third-order valence-corrected chi connectivity index (χ3v) is 7.26. The van der Waals surface area contributed by atoms with Gasteiger partial charge in [-0.1, -0.05) is 29.3 Å². The zero-order valence-electron chi connectivity index (χ0n) is 20.6. The third kappa shape index (κ3) is 5.84. The summed E-state index contributed by atoms with van der Waals surface area (Å²) < 4.78 is 5.44. The molecule has 0 unspecified atom stereocenters. The molecule has 13 heteroatoms. The zero-order chi connectivity index (χ0) is 27.5. The molecule has 3 heterocycles. The fraction of sp³-hybridized carbons (Fsp3) is 0.269. The van der Waals surface area contributed by atoms with Crippen molar-refractivity contribution in [1.29, 1.82) is 0 Å². The number of rotatable bonds is 7. The number of cyclic esters (lactones) is 1. The summed E-state index contributed by atoms with van der Waals surface area (Å²) in [5.41, 5.74) is 1.86. The van der Waals surface area contributed by atoms with E-state index in [1.54, 1.807) is 24.3 Å². The number of pyridine rings is 1. The van der Waals surface area contributed by atoms with Crippen LogP contribution in [-0.4, -0.2) is 67.3 Å². The number of ether oxygens (including phenoxy) is 1. The fourth-order valence-corrected chi connectivity index (χ4v) is 5.13. The van der Waals surface area contributed by atoms with Gasteiger partial charge >= 0.3 is 6.09 Å². The van der Waals surface area contributed by atoms with Crippen LogP contribution in [0.3, 0.4) is 0 Å². The van der Waals surface area contributed by atoms with Crippen LogP contribution in [0.15, 0.2) is 60.8 Å². The summed E-state index contributed by atoms with van der Waals surface area (Å²) in [4.78, 5) is 45.5. The number of piperazine rings is 1. The smallest absolute Gasteiger partial charge is 0.414 e. The molecule has 3 aromatic rings. The molecule has 0 saturated carbocycles. The van der Waals surface area contributed by atoms with Crippen molar-refractivity contribution in [2.24, 2.45) is 0 Å². The molecule has 2 amide bonds. The predicted octanol–water partition coefficient (Wildman–Crippen LogP) is 4.38. The first-order chi connectivity index (χ1) is 18.8. The van der Waals surface area contributed by atoms with Crippen molar-refractivity contribution < 1.29 is 19.2 Å². The molecule has 0 bridgehead atoms. The van der Waals surface area contributed by atoms with E-state index in [-0.39, 0.29) is 34.4 Å². The van der Waals surface area contributed by atoms with Gasteiger partial charge in [0.2, 0.25) is 0 Å². The van der Waals surface area contributed by atoms with E-state index in [1.165, 1.54) is 17.2 Å². The molecule has 39 heavy (non-hydrogen) atoms. The molecule has 2 aliphatic heterocycles. The number of aromatic nitrogens is 1. The number of hydrogen-bond acceptors (Lipinski definition) is 8. The lowest BCUT2D eigenvalue weighted by Crippen LogP contribution is -2.46. The van der Waals surface area contributed by atoms with Crippen molar-refractivity contribution in [1.82, 2.24) is 10.3 Å². The van der Waals surface area contributed by atoms with Crippen LogP contribution in [0.4, 0.5) is 27.7 Å². The van der Waals surface area contributed by atoms with Gasteiger partial charge in [0.05, 0.1) is 33.6 Å². The quantitative estimate of drug-likeness (QED) is 0.328. The number of amides is 2. The van der Waals surface area contributed by atoms with Gasteiger partial charge < -0.3 is 19.9 Å². The zero-order valence-corrected chi connectivity index (χ0v) is 22.1. The summed E-state index contributed by atoms with van der Waals surface area (Å²) >= 11 is 12.2. The predicted molar refractivity (Wildman–Crippen MR) is 148 cm³/mol. The van der Waals surface area contributed by atoms with Crippen molar-refractivity contribution in [2.75, 3.05) is 54.0 Å². The molecule has 1 atom stereocenters. The summed E-state index contributed by atoms with van der Waals surface area (Å²) in [6, 6.07) is 15.6. The topological polar surface area (TPSA) is 121 Å². The normalized spacial score (nSPS) is 17.2. The average molecular weight is 571 g/mol. The van der Waals surface area contributed by atoms with Crippen LogP contribution in [0.2, 0.25) is 10.0 Å². The Kier molecular flexibility index (Phi) is 7.71. The summed E-state index contributed by atoms with van der Waals surface area (Å²) in [6.45, 7) is 3.35. The molecule has 2 fully saturated rings. The number of hydrogen-bond donors (Lipinski definition) is 1.